The first-order valence-electron chi connectivity index (χ1n) is 7.26. The zero-order chi connectivity index (χ0) is 15.7. The maximum Gasteiger partial charge on any atom is 0.251 e. The minimum absolute atomic E-state index is 0.151. The fraction of sp³-hybridized carbons (Fsp3) is 0.375. The lowest BCUT2D eigenvalue weighted by Gasteiger charge is -2.16. The number of hydrogen-bond acceptors (Lipinski definition) is 3. The lowest BCUT2D eigenvalue weighted by Crippen LogP contribution is -2.21. The molecule has 1 N–H and O–H groups in total. The van der Waals surface area contributed by atoms with Crippen LogP contribution in [-0.4, -0.2) is 28.0 Å². The summed E-state index contributed by atoms with van der Waals surface area (Å²) in [5, 5.41) is 0. The first-order valence-corrected chi connectivity index (χ1v) is 7.26. The Bertz CT molecular complexity index is 744. The first kappa shape index (κ1) is 14.8. The van der Waals surface area contributed by atoms with Crippen LogP contribution in [0.3, 0.4) is 0 Å². The molecule has 0 amide bonds. The maximum atomic E-state index is 13.7. The number of nitrogens with zero attached hydrogens (tertiary/aromatic N) is 2. The van der Waals surface area contributed by atoms with Crippen LogP contribution in [0.5, 0.6) is 0 Å². The van der Waals surface area contributed by atoms with Crippen molar-refractivity contribution >= 4 is 0 Å². The predicted octanol–water partition coefficient (Wildman–Crippen LogP) is 2.35. The molecule has 2 aromatic rings. The molecular weight excluding hydrogens is 288 g/mol. The quantitative estimate of drug-likeness (QED) is 0.947. The van der Waals surface area contributed by atoms with Crippen LogP contribution in [-0.2, 0) is 6.54 Å². The van der Waals surface area contributed by atoms with E-state index in [9.17, 15) is 13.6 Å². The molecule has 1 aliphatic heterocycles. The summed E-state index contributed by atoms with van der Waals surface area (Å²) in [7, 11) is 0. The van der Waals surface area contributed by atoms with Crippen LogP contribution >= 0.6 is 0 Å². The highest BCUT2D eigenvalue weighted by Gasteiger charge is 2.26. The highest BCUT2D eigenvalue weighted by atomic mass is 19.2. The Kier molecular flexibility index (Phi) is 4.02. The van der Waals surface area contributed by atoms with Crippen LogP contribution in [0.1, 0.15) is 29.4 Å². The third-order valence-corrected chi connectivity index (χ3v) is 4.00. The number of rotatable bonds is 3. The van der Waals surface area contributed by atoms with Crippen molar-refractivity contribution in [1.82, 2.24) is 14.9 Å². The molecule has 0 aliphatic carbocycles. The number of aromatic amines is 1. The lowest BCUT2D eigenvalue weighted by molar-refractivity contribution is 0.318. The molecule has 116 valence electrons. The normalized spacial score (nSPS) is 18.8. The smallest absolute Gasteiger partial charge is 0.251 e. The van der Waals surface area contributed by atoms with Gasteiger partial charge in [0.2, 0.25) is 0 Å². The Morgan fingerprint density at radius 2 is 2.23 bits per heavy atom. The summed E-state index contributed by atoms with van der Waals surface area (Å²) in [5.74, 6) is -0.856. The van der Waals surface area contributed by atoms with Crippen molar-refractivity contribution in [1.29, 1.82) is 0 Å². The van der Waals surface area contributed by atoms with E-state index in [1.807, 2.05) is 0 Å². The molecule has 1 aromatic heterocycles. The van der Waals surface area contributed by atoms with Crippen LogP contribution in [0, 0.1) is 18.6 Å². The van der Waals surface area contributed by atoms with E-state index in [2.05, 4.69) is 14.9 Å². The topological polar surface area (TPSA) is 49.0 Å². The lowest BCUT2D eigenvalue weighted by atomic mass is 10.0. The van der Waals surface area contributed by atoms with Gasteiger partial charge in [-0.3, -0.25) is 9.69 Å². The predicted molar refractivity (Wildman–Crippen MR) is 78.6 cm³/mol. The van der Waals surface area contributed by atoms with Gasteiger partial charge < -0.3 is 4.98 Å². The number of nitrogens with one attached hydrogen (secondary N) is 1. The third kappa shape index (κ3) is 3.06. The number of aryl methyl sites for hydroxylation is 1. The molecule has 6 heteroatoms. The van der Waals surface area contributed by atoms with Crippen LogP contribution in [0.4, 0.5) is 8.78 Å². The zero-order valence-electron chi connectivity index (χ0n) is 12.3. The van der Waals surface area contributed by atoms with Crippen LogP contribution in [0.15, 0.2) is 29.1 Å². The number of likely N-dealkylation sites (tertiary alicyclic amines) is 1. The summed E-state index contributed by atoms with van der Waals surface area (Å²) >= 11 is 0. The number of H-pyrrole nitrogens is 1. The van der Waals surface area contributed by atoms with Gasteiger partial charge in [-0.2, -0.15) is 0 Å². The SMILES string of the molecule is Cc1nc([C@H]2CCN(Cc3cccc(F)c3F)C2)cc(=O)[nH]1. The van der Waals surface area contributed by atoms with Crippen molar-refractivity contribution < 1.29 is 8.78 Å². The molecule has 1 fully saturated rings. The van der Waals surface area contributed by atoms with E-state index in [0.29, 0.717) is 24.5 Å². The molecule has 22 heavy (non-hydrogen) atoms. The van der Waals surface area contributed by atoms with Gasteiger partial charge in [0.25, 0.3) is 5.56 Å². The standard InChI is InChI=1S/C16H17F2N3O/c1-10-19-14(7-15(22)20-10)11-5-6-21(8-11)9-12-3-2-4-13(17)16(12)18/h2-4,7,11H,5-6,8-9H2,1H3,(H,19,20,22)/t11-/m0/s1. The molecule has 2 heterocycles. The summed E-state index contributed by atoms with van der Waals surface area (Å²) in [6, 6.07) is 5.75. The fourth-order valence-corrected chi connectivity index (χ4v) is 2.94. The number of halogens is 2. The molecule has 0 spiro atoms. The summed E-state index contributed by atoms with van der Waals surface area (Å²) in [4.78, 5) is 20.6. The molecule has 1 aliphatic rings. The summed E-state index contributed by atoms with van der Waals surface area (Å²) < 4.78 is 27.0. The molecule has 1 saturated heterocycles. The van der Waals surface area contributed by atoms with Crippen molar-refractivity contribution in [3.05, 3.63) is 63.3 Å². The van der Waals surface area contributed by atoms with Crippen molar-refractivity contribution in [2.24, 2.45) is 0 Å². The molecule has 3 rings (SSSR count). The van der Waals surface area contributed by atoms with Gasteiger partial charge in [-0.25, -0.2) is 13.8 Å². The van der Waals surface area contributed by atoms with E-state index in [1.54, 1.807) is 13.0 Å². The van der Waals surface area contributed by atoms with Crippen molar-refractivity contribution in [2.45, 2.75) is 25.8 Å². The van der Waals surface area contributed by atoms with Crippen LogP contribution in [0.25, 0.3) is 0 Å². The van der Waals surface area contributed by atoms with E-state index in [-0.39, 0.29) is 11.5 Å². The number of aromatic nitrogens is 2. The number of hydrogen-bond donors (Lipinski definition) is 1. The van der Waals surface area contributed by atoms with E-state index in [4.69, 9.17) is 0 Å². The monoisotopic (exact) mass is 305 g/mol. The van der Waals surface area contributed by atoms with E-state index < -0.39 is 11.6 Å². The minimum atomic E-state index is -0.819. The van der Waals surface area contributed by atoms with Gasteiger partial charge in [0, 0.05) is 30.6 Å². The summed E-state index contributed by atoms with van der Waals surface area (Å²) in [5.41, 5.74) is 0.969. The molecule has 4 nitrogen and oxygen atoms in total. The Morgan fingerprint density at radius 3 is 3.00 bits per heavy atom. The molecule has 0 radical (unpaired) electrons. The fourth-order valence-electron chi connectivity index (χ4n) is 2.94. The highest BCUT2D eigenvalue weighted by molar-refractivity contribution is 5.19. The second-order valence-corrected chi connectivity index (χ2v) is 5.69. The van der Waals surface area contributed by atoms with Crippen LogP contribution < -0.4 is 5.56 Å². The Hall–Kier alpha value is -2.08. The van der Waals surface area contributed by atoms with Gasteiger partial charge in [-0.1, -0.05) is 12.1 Å². The Morgan fingerprint density at radius 1 is 1.41 bits per heavy atom. The molecule has 0 saturated carbocycles. The Balaban J connectivity index is 1.72. The molecule has 0 bridgehead atoms. The minimum Gasteiger partial charge on any atom is -0.311 e. The van der Waals surface area contributed by atoms with Crippen molar-refractivity contribution in [2.75, 3.05) is 13.1 Å². The molecular formula is C16H17F2N3O. The second-order valence-electron chi connectivity index (χ2n) is 5.69. The van der Waals surface area contributed by atoms with Crippen LogP contribution in [0.2, 0.25) is 0 Å². The summed E-state index contributed by atoms with van der Waals surface area (Å²) in [6.07, 6.45) is 0.854. The first-order chi connectivity index (χ1) is 10.5. The largest absolute Gasteiger partial charge is 0.311 e. The van der Waals surface area contributed by atoms with Gasteiger partial charge in [-0.15, -0.1) is 0 Å². The maximum absolute atomic E-state index is 13.7. The Labute approximate surface area is 126 Å². The average molecular weight is 305 g/mol. The molecule has 1 aromatic carbocycles. The van der Waals surface area contributed by atoms with Gasteiger partial charge in [0.1, 0.15) is 5.82 Å². The zero-order valence-corrected chi connectivity index (χ0v) is 12.3. The average Bonchev–Trinajstić information content (AvgIpc) is 2.91. The van der Waals surface area contributed by atoms with E-state index in [1.165, 1.54) is 12.1 Å². The highest BCUT2D eigenvalue weighted by Crippen LogP contribution is 2.27. The molecule has 0 unspecified atom stereocenters. The third-order valence-electron chi connectivity index (χ3n) is 4.00. The van der Waals surface area contributed by atoms with E-state index in [0.717, 1.165) is 24.7 Å². The van der Waals surface area contributed by atoms with Gasteiger partial charge in [-0.05, 0) is 26.0 Å². The second kappa shape index (κ2) is 5.96. The van der Waals surface area contributed by atoms with Gasteiger partial charge in [0.15, 0.2) is 11.6 Å². The number of benzene rings is 1. The van der Waals surface area contributed by atoms with Crippen molar-refractivity contribution in [3.8, 4) is 0 Å². The van der Waals surface area contributed by atoms with Gasteiger partial charge in [0.05, 0.1) is 5.69 Å². The molecule has 1 atom stereocenters. The van der Waals surface area contributed by atoms with Crippen molar-refractivity contribution in [3.63, 3.8) is 0 Å². The van der Waals surface area contributed by atoms with E-state index >= 15 is 0 Å². The van der Waals surface area contributed by atoms with Gasteiger partial charge >= 0.3 is 0 Å². The summed E-state index contributed by atoms with van der Waals surface area (Å²) in [6.45, 7) is 3.57.